The predicted molar refractivity (Wildman–Crippen MR) is 68.8 cm³/mol. The van der Waals surface area contributed by atoms with Gasteiger partial charge in [-0.1, -0.05) is 18.7 Å². The smallest absolute Gasteiger partial charge is 0.164 e. The van der Waals surface area contributed by atoms with Gasteiger partial charge in [0, 0.05) is 25.0 Å². The van der Waals surface area contributed by atoms with Gasteiger partial charge in [0.1, 0.15) is 0 Å². The van der Waals surface area contributed by atoms with Gasteiger partial charge >= 0.3 is 0 Å². The summed E-state index contributed by atoms with van der Waals surface area (Å²) in [5, 5.41) is 0.950. The lowest BCUT2D eigenvalue weighted by molar-refractivity contribution is 0.541. The topological polar surface area (TPSA) is 35.8 Å². The Kier molecular flexibility index (Phi) is 4.91. The first kappa shape index (κ1) is 12.5. The van der Waals surface area contributed by atoms with Crippen LogP contribution in [0.3, 0.4) is 0 Å². The maximum absolute atomic E-state index is 10.1. The summed E-state index contributed by atoms with van der Waals surface area (Å²) in [7, 11) is 0. The summed E-state index contributed by atoms with van der Waals surface area (Å²) in [5.74, 6) is 1.09. The van der Waals surface area contributed by atoms with Crippen molar-refractivity contribution >= 4 is 35.2 Å². The van der Waals surface area contributed by atoms with E-state index < -0.39 is 6.42 Å². The van der Waals surface area contributed by atoms with Crippen molar-refractivity contribution in [2.75, 3.05) is 25.0 Å². The zero-order chi connectivity index (χ0) is 10.6. The lowest BCUT2D eigenvalue weighted by Crippen LogP contribution is -2.28. The first-order valence-corrected chi connectivity index (χ1v) is 8.76. The molecule has 1 heterocycles. The highest BCUT2D eigenvalue weighted by Crippen LogP contribution is 2.46. The van der Waals surface area contributed by atoms with E-state index in [2.05, 4.69) is 4.99 Å². The van der Waals surface area contributed by atoms with Crippen molar-refractivity contribution in [2.24, 2.45) is 4.99 Å². The Labute approximate surface area is 95.1 Å². The van der Waals surface area contributed by atoms with Crippen LogP contribution in [0, 0.1) is 0 Å². The summed E-state index contributed by atoms with van der Waals surface area (Å²) in [4.78, 5) is 14.5. The first-order chi connectivity index (χ1) is 6.61. The van der Waals surface area contributed by atoms with E-state index in [1.165, 1.54) is 0 Å². The number of hydrogen-bond acceptors (Lipinski definition) is 3. The van der Waals surface area contributed by atoms with Crippen molar-refractivity contribution in [2.45, 2.75) is 20.3 Å². The second kappa shape index (κ2) is 5.50. The van der Waals surface area contributed by atoms with Crippen LogP contribution in [0.2, 0.25) is 0 Å². The minimum Gasteiger partial charge on any atom is -0.350 e. The van der Waals surface area contributed by atoms with Crippen LogP contribution in [-0.4, -0.2) is 39.7 Å². The minimum atomic E-state index is -2.34. The van der Waals surface area contributed by atoms with Crippen molar-refractivity contribution in [3.8, 4) is 0 Å². The second-order valence-electron chi connectivity index (χ2n) is 3.06. The predicted octanol–water partition coefficient (Wildman–Crippen LogP) is 2.12. The molecule has 0 aliphatic carbocycles. The molecule has 1 unspecified atom stereocenters. The van der Waals surface area contributed by atoms with E-state index in [1.807, 2.05) is 18.5 Å². The fourth-order valence-electron chi connectivity index (χ4n) is 1.27. The van der Waals surface area contributed by atoms with E-state index in [0.717, 1.165) is 30.4 Å². The van der Waals surface area contributed by atoms with Gasteiger partial charge in [-0.15, -0.1) is 0 Å². The highest BCUT2D eigenvalue weighted by molar-refractivity contribution is 8.16. The highest BCUT2D eigenvalue weighted by Gasteiger charge is 2.24. The van der Waals surface area contributed by atoms with Gasteiger partial charge in [-0.2, -0.15) is 0 Å². The third kappa shape index (κ3) is 2.96. The van der Waals surface area contributed by atoms with Gasteiger partial charge in [0.15, 0.2) is 11.6 Å². The van der Waals surface area contributed by atoms with Gasteiger partial charge in [0.2, 0.25) is 0 Å². The number of rotatable bonds is 3. The van der Waals surface area contributed by atoms with Crippen LogP contribution in [-0.2, 0) is 11.8 Å². The molecule has 0 radical (unpaired) electrons. The van der Waals surface area contributed by atoms with Crippen molar-refractivity contribution in [1.29, 1.82) is 0 Å². The SMILES string of the molecule is CCN(C1=NCCCS1)P(O)(=S)CC. The molecule has 3 nitrogen and oxygen atoms in total. The standard InChI is InChI=1S/C8H17N2OPS2/c1-3-10(12(11,13)4-2)8-9-6-5-7-14-8/h3-7H2,1-2H3,(H,11,13). The molecule has 1 aliphatic heterocycles. The van der Waals surface area contributed by atoms with E-state index in [-0.39, 0.29) is 0 Å². The van der Waals surface area contributed by atoms with E-state index >= 15 is 0 Å². The third-order valence-corrected chi connectivity index (χ3v) is 6.74. The summed E-state index contributed by atoms with van der Waals surface area (Å²) in [5.41, 5.74) is 0. The van der Waals surface area contributed by atoms with Crippen LogP contribution in [0.4, 0.5) is 0 Å². The second-order valence-corrected chi connectivity index (χ2v) is 8.32. The molecule has 82 valence electrons. The van der Waals surface area contributed by atoms with Gasteiger partial charge < -0.3 is 9.56 Å². The number of nitrogens with zero attached hydrogens (tertiary/aromatic N) is 2. The van der Waals surface area contributed by atoms with Crippen molar-refractivity contribution in [3.63, 3.8) is 0 Å². The lowest BCUT2D eigenvalue weighted by atomic mass is 10.5. The van der Waals surface area contributed by atoms with E-state index in [4.69, 9.17) is 11.8 Å². The molecule has 0 spiro atoms. The quantitative estimate of drug-likeness (QED) is 0.781. The summed E-state index contributed by atoms with van der Waals surface area (Å²) >= 11 is 6.96. The molecule has 0 fully saturated rings. The Morgan fingerprint density at radius 3 is 2.79 bits per heavy atom. The molecule has 1 N–H and O–H groups in total. The van der Waals surface area contributed by atoms with Crippen LogP contribution in [0.25, 0.3) is 0 Å². The average molecular weight is 252 g/mol. The lowest BCUT2D eigenvalue weighted by Gasteiger charge is -2.32. The maximum Gasteiger partial charge on any atom is 0.164 e. The van der Waals surface area contributed by atoms with Crippen LogP contribution < -0.4 is 0 Å². The molecule has 0 aromatic carbocycles. The fourth-order valence-corrected chi connectivity index (χ4v) is 4.61. The monoisotopic (exact) mass is 252 g/mol. The molecule has 0 bridgehead atoms. The molecule has 0 aromatic rings. The van der Waals surface area contributed by atoms with Gasteiger partial charge in [-0.25, -0.2) is 0 Å². The minimum absolute atomic E-state index is 0.649. The van der Waals surface area contributed by atoms with Crippen molar-refractivity contribution in [3.05, 3.63) is 0 Å². The van der Waals surface area contributed by atoms with Crippen LogP contribution in [0.15, 0.2) is 4.99 Å². The summed E-state index contributed by atoms with van der Waals surface area (Å²) in [6.07, 6.45) is -0.557. The number of hydrogen-bond donors (Lipinski definition) is 1. The molecule has 0 saturated heterocycles. The van der Waals surface area contributed by atoms with E-state index in [9.17, 15) is 4.89 Å². The Bertz CT molecular complexity index is 270. The van der Waals surface area contributed by atoms with E-state index in [1.54, 1.807) is 11.8 Å². The highest BCUT2D eigenvalue weighted by atomic mass is 32.4. The fraction of sp³-hybridized carbons (Fsp3) is 0.875. The zero-order valence-electron chi connectivity index (χ0n) is 8.64. The largest absolute Gasteiger partial charge is 0.350 e. The molecule has 1 rings (SSSR count). The number of aliphatic imine (C=N–C) groups is 1. The summed E-state index contributed by atoms with van der Waals surface area (Å²) < 4.78 is 1.92. The van der Waals surface area contributed by atoms with Gasteiger partial charge in [-0.3, -0.25) is 4.99 Å². The third-order valence-electron chi connectivity index (χ3n) is 2.09. The average Bonchev–Trinajstić information content (AvgIpc) is 2.20. The Balaban J connectivity index is 2.80. The number of amidine groups is 1. The summed E-state index contributed by atoms with van der Waals surface area (Å²) in [6.45, 7) is 5.59. The maximum atomic E-state index is 10.1. The van der Waals surface area contributed by atoms with E-state index in [0.29, 0.717) is 6.16 Å². The Morgan fingerprint density at radius 2 is 2.36 bits per heavy atom. The van der Waals surface area contributed by atoms with Crippen LogP contribution in [0.5, 0.6) is 0 Å². The molecule has 0 amide bonds. The molecular formula is C8H17N2OPS2. The molecule has 0 aromatic heterocycles. The van der Waals surface area contributed by atoms with Gasteiger partial charge in [-0.05, 0) is 25.2 Å². The normalized spacial score (nSPS) is 21.2. The van der Waals surface area contributed by atoms with Crippen molar-refractivity contribution < 1.29 is 4.89 Å². The van der Waals surface area contributed by atoms with Crippen LogP contribution in [0.1, 0.15) is 20.3 Å². The molecular weight excluding hydrogens is 235 g/mol. The van der Waals surface area contributed by atoms with Gasteiger partial charge in [0.05, 0.1) is 0 Å². The van der Waals surface area contributed by atoms with Crippen molar-refractivity contribution in [1.82, 2.24) is 4.67 Å². The van der Waals surface area contributed by atoms with Crippen LogP contribution >= 0.6 is 18.2 Å². The number of thioether (sulfide) groups is 1. The Hall–Kier alpha value is 0.430. The molecule has 1 atom stereocenters. The molecule has 14 heavy (non-hydrogen) atoms. The Morgan fingerprint density at radius 1 is 1.64 bits per heavy atom. The van der Waals surface area contributed by atoms with Gasteiger partial charge in [0.25, 0.3) is 0 Å². The zero-order valence-corrected chi connectivity index (χ0v) is 11.2. The molecule has 0 saturated carbocycles. The molecule has 1 aliphatic rings. The molecule has 6 heteroatoms. The first-order valence-electron chi connectivity index (χ1n) is 4.89. The summed E-state index contributed by atoms with van der Waals surface area (Å²) in [6, 6.07) is 0.